The Labute approximate surface area is 101 Å². The minimum absolute atomic E-state index is 0.107. The third kappa shape index (κ3) is 2.81. The molecule has 0 N–H and O–H groups in total. The smallest absolute Gasteiger partial charge is 0.152 e. The lowest BCUT2D eigenvalue weighted by Gasteiger charge is -2.42. The van der Waals surface area contributed by atoms with Gasteiger partial charge in [0.05, 0.1) is 0 Å². The van der Waals surface area contributed by atoms with Crippen LogP contribution in [0.5, 0.6) is 0 Å². The number of allylic oxidation sites excluding steroid dienone is 3. The van der Waals surface area contributed by atoms with E-state index < -0.39 is 0 Å². The highest BCUT2D eigenvalue weighted by Crippen LogP contribution is 2.47. The molecule has 15 heavy (non-hydrogen) atoms. The lowest BCUT2D eigenvalue weighted by atomic mass is 9.66. The Balaban J connectivity index is 2.90. The minimum Gasteiger partial charge on any atom is -0.295 e. The fourth-order valence-electron chi connectivity index (χ4n) is 2.18. The molecule has 0 aromatic rings. The van der Waals surface area contributed by atoms with Crippen molar-refractivity contribution in [2.45, 2.75) is 38.4 Å². The van der Waals surface area contributed by atoms with E-state index in [1.165, 1.54) is 5.57 Å². The Morgan fingerprint density at radius 2 is 2.20 bits per heavy atom. The van der Waals surface area contributed by atoms with E-state index in [0.717, 1.165) is 12.8 Å². The van der Waals surface area contributed by atoms with Crippen molar-refractivity contribution in [3.05, 3.63) is 24.3 Å². The first-order chi connectivity index (χ1) is 6.85. The number of rotatable bonds is 2. The van der Waals surface area contributed by atoms with E-state index in [1.54, 1.807) is 13.0 Å². The summed E-state index contributed by atoms with van der Waals surface area (Å²) in [5.41, 5.74) is 1.38. The summed E-state index contributed by atoms with van der Waals surface area (Å²) in [5.74, 6) is 0.412. The monoisotopic (exact) mass is 270 g/mol. The quantitative estimate of drug-likeness (QED) is 0.423. The molecule has 0 aliphatic heterocycles. The topological polar surface area (TPSA) is 17.1 Å². The summed E-state index contributed by atoms with van der Waals surface area (Å²) < 4.78 is 0. The largest absolute Gasteiger partial charge is 0.295 e. The molecule has 0 saturated heterocycles. The summed E-state index contributed by atoms with van der Waals surface area (Å²) in [6, 6.07) is 0. The van der Waals surface area contributed by atoms with Crippen LogP contribution in [0.25, 0.3) is 0 Å². The summed E-state index contributed by atoms with van der Waals surface area (Å²) >= 11 is 3.72. The zero-order chi connectivity index (χ0) is 11.6. The molecule has 0 amide bonds. The number of hydrogen-bond donors (Lipinski definition) is 0. The molecule has 84 valence electrons. The van der Waals surface area contributed by atoms with Gasteiger partial charge in [-0.05, 0) is 31.3 Å². The van der Waals surface area contributed by atoms with E-state index in [1.807, 2.05) is 6.08 Å². The third-order valence-electron chi connectivity index (χ3n) is 3.29. The van der Waals surface area contributed by atoms with Gasteiger partial charge in [0.25, 0.3) is 0 Å². The molecule has 1 rings (SSSR count). The first kappa shape index (κ1) is 12.7. The average Bonchev–Trinajstić information content (AvgIpc) is 2.11. The van der Waals surface area contributed by atoms with Crippen molar-refractivity contribution in [1.29, 1.82) is 0 Å². The number of hydrogen-bond acceptors (Lipinski definition) is 1. The zero-order valence-corrected chi connectivity index (χ0v) is 11.3. The van der Waals surface area contributed by atoms with Crippen LogP contribution in [0.2, 0.25) is 0 Å². The van der Waals surface area contributed by atoms with Gasteiger partial charge in [0.15, 0.2) is 5.78 Å². The van der Waals surface area contributed by atoms with E-state index in [4.69, 9.17) is 0 Å². The molecule has 0 aromatic heterocycles. The van der Waals surface area contributed by atoms with Gasteiger partial charge in [-0.2, -0.15) is 0 Å². The van der Waals surface area contributed by atoms with E-state index >= 15 is 0 Å². The summed E-state index contributed by atoms with van der Waals surface area (Å²) in [6.07, 6.45) is 5.86. The molecular weight excluding hydrogens is 252 g/mol. The Bertz CT molecular complexity index is 302. The fourth-order valence-corrected chi connectivity index (χ4v) is 2.69. The third-order valence-corrected chi connectivity index (χ3v) is 4.93. The van der Waals surface area contributed by atoms with Crippen LogP contribution in [0.4, 0.5) is 0 Å². The van der Waals surface area contributed by atoms with E-state index in [-0.39, 0.29) is 11.2 Å². The molecule has 0 spiro atoms. The average molecular weight is 271 g/mol. The molecule has 0 bridgehead atoms. The predicted molar refractivity (Wildman–Crippen MR) is 68.2 cm³/mol. The Morgan fingerprint density at radius 1 is 1.60 bits per heavy atom. The molecule has 0 heterocycles. The molecule has 1 saturated carbocycles. The van der Waals surface area contributed by atoms with Crippen LogP contribution < -0.4 is 0 Å². The van der Waals surface area contributed by atoms with Gasteiger partial charge in [-0.3, -0.25) is 4.79 Å². The van der Waals surface area contributed by atoms with E-state index in [9.17, 15) is 4.79 Å². The number of ketones is 1. The second-order valence-electron chi connectivity index (χ2n) is 4.93. The van der Waals surface area contributed by atoms with Gasteiger partial charge in [0.2, 0.25) is 0 Å². The lowest BCUT2D eigenvalue weighted by molar-refractivity contribution is -0.112. The van der Waals surface area contributed by atoms with Crippen LogP contribution in [0.15, 0.2) is 24.3 Å². The SMILES string of the molecule is C=C1CC[C@@H](Br)C(C)(C)[C@H]1/C=C/C(C)=O. The van der Waals surface area contributed by atoms with Gasteiger partial charge in [-0.1, -0.05) is 48.0 Å². The summed E-state index contributed by atoms with van der Waals surface area (Å²) in [5, 5.41) is 0. The molecule has 0 radical (unpaired) electrons. The van der Waals surface area contributed by atoms with Crippen molar-refractivity contribution in [2.24, 2.45) is 11.3 Å². The maximum absolute atomic E-state index is 11.0. The molecule has 0 aromatic carbocycles. The van der Waals surface area contributed by atoms with E-state index in [2.05, 4.69) is 36.4 Å². The van der Waals surface area contributed by atoms with Crippen molar-refractivity contribution in [1.82, 2.24) is 0 Å². The normalized spacial score (nSPS) is 30.8. The molecular formula is C13H19BrO. The van der Waals surface area contributed by atoms with Gasteiger partial charge < -0.3 is 0 Å². The molecule has 2 atom stereocenters. The standard InChI is InChI=1S/C13H19BrO/c1-9-5-8-12(14)13(3,4)11(9)7-6-10(2)15/h6-7,11-12H,1,5,8H2,2-4H3/b7-6+/t11-,12+/m0/s1. The first-order valence-corrected chi connectivity index (χ1v) is 6.27. The summed E-state index contributed by atoms with van der Waals surface area (Å²) in [6.45, 7) is 10.2. The zero-order valence-electron chi connectivity index (χ0n) is 9.72. The number of carbonyl (C=O) groups is 1. The molecule has 1 aliphatic carbocycles. The molecule has 1 fully saturated rings. The van der Waals surface area contributed by atoms with Crippen LogP contribution in [0, 0.1) is 11.3 Å². The number of halogens is 1. The second kappa shape index (κ2) is 4.65. The highest BCUT2D eigenvalue weighted by molar-refractivity contribution is 9.09. The van der Waals surface area contributed by atoms with Crippen LogP contribution in [0.1, 0.15) is 33.6 Å². The number of alkyl halides is 1. The van der Waals surface area contributed by atoms with E-state index in [0.29, 0.717) is 10.7 Å². The van der Waals surface area contributed by atoms with Crippen molar-refractivity contribution >= 4 is 21.7 Å². The fraction of sp³-hybridized carbons (Fsp3) is 0.615. The Kier molecular flexibility index (Phi) is 3.93. The Hall–Kier alpha value is -0.370. The molecule has 1 aliphatic rings. The van der Waals surface area contributed by atoms with Crippen molar-refractivity contribution < 1.29 is 4.79 Å². The van der Waals surface area contributed by atoms with Crippen LogP contribution >= 0.6 is 15.9 Å². The van der Waals surface area contributed by atoms with Gasteiger partial charge >= 0.3 is 0 Å². The highest BCUT2D eigenvalue weighted by atomic mass is 79.9. The maximum atomic E-state index is 11.0. The van der Waals surface area contributed by atoms with Gasteiger partial charge in [-0.15, -0.1) is 0 Å². The predicted octanol–water partition coefficient (Wildman–Crippen LogP) is 3.89. The minimum atomic E-state index is 0.107. The second-order valence-corrected chi connectivity index (χ2v) is 6.04. The first-order valence-electron chi connectivity index (χ1n) is 5.36. The van der Waals surface area contributed by atoms with Crippen LogP contribution in [0.3, 0.4) is 0 Å². The van der Waals surface area contributed by atoms with Gasteiger partial charge in [-0.25, -0.2) is 0 Å². The Morgan fingerprint density at radius 3 is 2.73 bits per heavy atom. The van der Waals surface area contributed by atoms with Crippen molar-refractivity contribution in [2.75, 3.05) is 0 Å². The van der Waals surface area contributed by atoms with Gasteiger partial charge in [0, 0.05) is 10.7 Å². The maximum Gasteiger partial charge on any atom is 0.152 e. The molecule has 2 heteroatoms. The highest BCUT2D eigenvalue weighted by Gasteiger charge is 2.39. The van der Waals surface area contributed by atoms with Crippen molar-refractivity contribution in [3.8, 4) is 0 Å². The van der Waals surface area contributed by atoms with Crippen molar-refractivity contribution in [3.63, 3.8) is 0 Å². The van der Waals surface area contributed by atoms with Crippen LogP contribution in [-0.4, -0.2) is 10.6 Å². The molecule has 0 unspecified atom stereocenters. The van der Waals surface area contributed by atoms with Gasteiger partial charge in [0.1, 0.15) is 0 Å². The summed E-state index contributed by atoms with van der Waals surface area (Å²) in [7, 11) is 0. The summed E-state index contributed by atoms with van der Waals surface area (Å²) in [4.78, 5) is 11.5. The number of carbonyl (C=O) groups excluding carboxylic acids is 1. The lowest BCUT2D eigenvalue weighted by Crippen LogP contribution is -2.37. The molecule has 1 nitrogen and oxygen atoms in total. The van der Waals surface area contributed by atoms with Crippen LogP contribution in [-0.2, 0) is 4.79 Å².